The Morgan fingerprint density at radius 3 is 1.60 bits per heavy atom. The molecule has 1 heterocycles. The van der Waals surface area contributed by atoms with Crippen LogP contribution in [0.4, 0.5) is 11.4 Å². The molecule has 8 aromatic carbocycles. The van der Waals surface area contributed by atoms with Crippen LogP contribution in [-0.2, 0) is 6.42 Å². The number of rotatable bonds is 8. The Labute approximate surface area is 334 Å². The lowest BCUT2D eigenvalue weighted by Gasteiger charge is -2.23. The van der Waals surface area contributed by atoms with Crippen LogP contribution in [0.3, 0.4) is 0 Å². The molecule has 57 heavy (non-hydrogen) atoms. The van der Waals surface area contributed by atoms with Crippen molar-refractivity contribution in [2.75, 3.05) is 11.9 Å². The average Bonchev–Trinajstić information content (AvgIpc) is 3.67. The Morgan fingerprint density at radius 1 is 0.368 bits per heavy atom. The third kappa shape index (κ3) is 6.60. The van der Waals surface area contributed by atoms with E-state index < -0.39 is 0 Å². The second-order valence-corrected chi connectivity index (χ2v) is 14.7. The van der Waals surface area contributed by atoms with Crippen molar-refractivity contribution in [3.63, 3.8) is 0 Å². The van der Waals surface area contributed by atoms with Gasteiger partial charge in [-0.2, -0.15) is 0 Å². The summed E-state index contributed by atoms with van der Waals surface area (Å²) in [5, 5.41) is 0. The lowest BCUT2D eigenvalue weighted by molar-refractivity contribution is 1.13. The predicted octanol–water partition coefficient (Wildman–Crippen LogP) is 13.8. The second-order valence-electron chi connectivity index (χ2n) is 14.7. The van der Waals surface area contributed by atoms with Gasteiger partial charge in [-0.3, -0.25) is 0 Å². The highest BCUT2D eigenvalue weighted by Crippen LogP contribution is 2.43. The molecule has 0 saturated carbocycles. The zero-order valence-electron chi connectivity index (χ0n) is 31.7. The fraction of sp³-hybridized carbons (Fsp3) is 0.0370. The smallest absolute Gasteiger partial charge is 0.160 e. The highest BCUT2D eigenvalue weighted by atomic mass is 15.1. The summed E-state index contributed by atoms with van der Waals surface area (Å²) >= 11 is 0. The summed E-state index contributed by atoms with van der Waals surface area (Å²) in [4.78, 5) is 12.8. The molecule has 0 atom stereocenters. The van der Waals surface area contributed by atoms with E-state index >= 15 is 0 Å². The largest absolute Gasteiger partial charge is 0.344 e. The maximum atomic E-state index is 5.27. The van der Waals surface area contributed by atoms with Gasteiger partial charge in [0.15, 0.2) is 5.82 Å². The molecule has 10 rings (SSSR count). The van der Waals surface area contributed by atoms with E-state index in [1.54, 1.807) is 0 Å². The molecule has 9 aromatic rings. The van der Waals surface area contributed by atoms with E-state index in [0.29, 0.717) is 0 Å². The van der Waals surface area contributed by atoms with Crippen LogP contribution < -0.4 is 4.90 Å². The fourth-order valence-corrected chi connectivity index (χ4v) is 8.19. The van der Waals surface area contributed by atoms with Crippen LogP contribution in [0, 0.1) is 0 Å². The van der Waals surface area contributed by atoms with E-state index in [2.05, 4.69) is 212 Å². The number of benzene rings is 8. The Morgan fingerprint density at radius 2 is 0.877 bits per heavy atom. The number of hydrogen-bond acceptors (Lipinski definition) is 3. The van der Waals surface area contributed by atoms with Crippen molar-refractivity contribution < 1.29 is 0 Å². The van der Waals surface area contributed by atoms with Crippen LogP contribution in [0.5, 0.6) is 0 Å². The zero-order valence-corrected chi connectivity index (χ0v) is 31.7. The van der Waals surface area contributed by atoms with Gasteiger partial charge in [-0.15, -0.1) is 0 Å². The molecular weight excluding hydrogens is 691 g/mol. The lowest BCUT2D eigenvalue weighted by atomic mass is 9.96. The minimum absolute atomic E-state index is 0.746. The number of fused-ring (bicyclic) bond motifs is 3. The molecule has 1 aromatic heterocycles. The normalized spacial score (nSPS) is 11.5. The maximum absolute atomic E-state index is 5.27. The highest BCUT2D eigenvalue weighted by Gasteiger charge is 2.27. The van der Waals surface area contributed by atoms with Crippen LogP contribution in [0.15, 0.2) is 206 Å². The van der Waals surface area contributed by atoms with Crippen molar-refractivity contribution in [1.29, 1.82) is 0 Å². The molecule has 0 unspecified atom stereocenters. The van der Waals surface area contributed by atoms with Gasteiger partial charge in [0.2, 0.25) is 0 Å². The van der Waals surface area contributed by atoms with Gasteiger partial charge in [-0.25, -0.2) is 9.97 Å². The number of aromatic nitrogens is 2. The van der Waals surface area contributed by atoms with Gasteiger partial charge < -0.3 is 4.90 Å². The van der Waals surface area contributed by atoms with Crippen LogP contribution >= 0.6 is 0 Å². The first-order valence-corrected chi connectivity index (χ1v) is 19.5. The van der Waals surface area contributed by atoms with Crippen molar-refractivity contribution in [2.45, 2.75) is 6.42 Å². The molecule has 0 bridgehead atoms. The van der Waals surface area contributed by atoms with Gasteiger partial charge >= 0.3 is 0 Å². The summed E-state index contributed by atoms with van der Waals surface area (Å²) in [6.45, 7) is 0. The van der Waals surface area contributed by atoms with Crippen LogP contribution in [-0.4, -0.2) is 17.0 Å². The molecule has 1 aliphatic carbocycles. The van der Waals surface area contributed by atoms with Crippen molar-refractivity contribution in [3.8, 4) is 78.4 Å². The van der Waals surface area contributed by atoms with Gasteiger partial charge in [-0.1, -0.05) is 176 Å². The van der Waals surface area contributed by atoms with Crippen molar-refractivity contribution in [1.82, 2.24) is 9.97 Å². The molecule has 0 amide bonds. The van der Waals surface area contributed by atoms with Crippen LogP contribution in [0.2, 0.25) is 0 Å². The molecule has 0 N–H and O–H groups in total. The minimum Gasteiger partial charge on any atom is -0.344 e. The molecule has 0 saturated heterocycles. The van der Waals surface area contributed by atoms with E-state index in [9.17, 15) is 0 Å². The van der Waals surface area contributed by atoms with E-state index in [1.807, 2.05) is 6.07 Å². The van der Waals surface area contributed by atoms with Gasteiger partial charge in [0, 0.05) is 52.7 Å². The average molecular weight is 730 g/mol. The molecule has 0 aliphatic heterocycles. The molecule has 270 valence electrons. The van der Waals surface area contributed by atoms with Crippen LogP contribution in [0.1, 0.15) is 11.1 Å². The minimum atomic E-state index is 0.746. The molecule has 3 heteroatoms. The molecule has 1 aliphatic rings. The molecule has 3 nitrogen and oxygen atoms in total. The topological polar surface area (TPSA) is 29.0 Å². The van der Waals surface area contributed by atoms with Gasteiger partial charge in [0.1, 0.15) is 0 Å². The van der Waals surface area contributed by atoms with Gasteiger partial charge in [0.25, 0.3) is 0 Å². The summed E-state index contributed by atoms with van der Waals surface area (Å²) < 4.78 is 0. The summed E-state index contributed by atoms with van der Waals surface area (Å²) in [6, 6.07) is 73.5. The van der Waals surface area contributed by atoms with Gasteiger partial charge in [-0.05, 0) is 74.8 Å². The first kappa shape index (κ1) is 34.2. The number of hydrogen-bond donors (Lipinski definition) is 0. The Kier molecular flexibility index (Phi) is 8.81. The molecule has 0 radical (unpaired) electrons. The highest BCUT2D eigenvalue weighted by molar-refractivity contribution is 5.87. The van der Waals surface area contributed by atoms with Crippen molar-refractivity contribution >= 4 is 11.4 Å². The third-order valence-corrected chi connectivity index (χ3v) is 11.1. The number of para-hydroxylation sites is 1. The third-order valence-electron chi connectivity index (χ3n) is 11.1. The van der Waals surface area contributed by atoms with E-state index in [4.69, 9.17) is 9.97 Å². The SMILES string of the molecule is CN(c1cccc(-c2cccc(-c3ccc4c(c3)Cc3c(-c5cccc(-c6ccccc6)c5)nc(-c5ccccc5)nc3-4)c2)c1)c1ccccc1-c1ccccc1. The predicted molar refractivity (Wildman–Crippen MR) is 237 cm³/mol. The van der Waals surface area contributed by atoms with Crippen molar-refractivity contribution in [2.24, 2.45) is 0 Å². The fourth-order valence-electron chi connectivity index (χ4n) is 8.19. The zero-order chi connectivity index (χ0) is 38.1. The van der Waals surface area contributed by atoms with Crippen molar-refractivity contribution in [3.05, 3.63) is 217 Å². The molecule has 0 spiro atoms. The summed E-state index contributed by atoms with van der Waals surface area (Å²) in [6.07, 6.45) is 0.775. The quantitative estimate of drug-likeness (QED) is 0.156. The maximum Gasteiger partial charge on any atom is 0.160 e. The summed E-state index contributed by atoms with van der Waals surface area (Å²) in [5.41, 5.74) is 19.6. The van der Waals surface area contributed by atoms with E-state index in [-0.39, 0.29) is 0 Å². The molecular formula is C54H39N3. The number of anilines is 2. The Bertz CT molecular complexity index is 2880. The Balaban J connectivity index is 0.992. The number of nitrogens with zero attached hydrogens (tertiary/aromatic N) is 3. The summed E-state index contributed by atoms with van der Waals surface area (Å²) in [7, 11) is 2.15. The Hall–Kier alpha value is -7.36. The first-order chi connectivity index (χ1) is 28.2. The second kappa shape index (κ2) is 14.7. The van der Waals surface area contributed by atoms with Gasteiger partial charge in [0.05, 0.1) is 11.4 Å². The molecule has 0 fully saturated rings. The van der Waals surface area contributed by atoms with Crippen LogP contribution in [0.25, 0.3) is 78.4 Å². The summed E-state index contributed by atoms with van der Waals surface area (Å²) in [5.74, 6) is 0.746. The lowest BCUT2D eigenvalue weighted by Crippen LogP contribution is -2.10. The monoisotopic (exact) mass is 729 g/mol. The van der Waals surface area contributed by atoms with E-state index in [1.165, 1.54) is 66.9 Å². The first-order valence-electron chi connectivity index (χ1n) is 19.5. The standard InChI is InChI=1S/C54H39N3/c1-57(51-29-12-11-28-48(51)38-18-7-3-8-19-38)47-27-15-25-43(35-47)41-23-13-24-42(32-41)44-30-31-49-46(34-44)36-50-52(55-54(56-53(49)50)39-20-9-4-10-21-39)45-26-14-22-40(33-45)37-16-5-2-6-17-37/h2-35H,36H2,1H3. The van der Waals surface area contributed by atoms with E-state index in [0.717, 1.165) is 40.4 Å².